The molecule has 0 spiro atoms. The van der Waals surface area contributed by atoms with Crippen molar-refractivity contribution in [3.05, 3.63) is 64.7 Å². The van der Waals surface area contributed by atoms with Gasteiger partial charge < -0.3 is 20.3 Å². The Balaban J connectivity index is 0.000000568. The quantitative estimate of drug-likeness (QED) is 0.473. The van der Waals surface area contributed by atoms with Gasteiger partial charge >= 0.3 is 12.1 Å². The number of hydrogen-bond donors (Lipinski definition) is 2. The molecule has 29 heavy (non-hydrogen) atoms. The van der Waals surface area contributed by atoms with Crippen LogP contribution in [0.1, 0.15) is 31.8 Å². The van der Waals surface area contributed by atoms with Crippen LogP contribution < -0.4 is 10.5 Å². The van der Waals surface area contributed by atoms with E-state index in [1.54, 1.807) is 18.2 Å². The van der Waals surface area contributed by atoms with E-state index < -0.39 is 30.3 Å². The molecule has 2 rings (SSSR count). The van der Waals surface area contributed by atoms with Crippen LogP contribution in [0.4, 0.5) is 17.6 Å². The number of halogens is 5. The predicted octanol–water partition coefficient (Wildman–Crippen LogP) is 4.22. The van der Waals surface area contributed by atoms with Gasteiger partial charge in [0.1, 0.15) is 18.0 Å². The van der Waals surface area contributed by atoms with Crippen molar-refractivity contribution >= 4 is 28.9 Å². The van der Waals surface area contributed by atoms with Crippen LogP contribution in [-0.2, 0) is 17.6 Å². The third-order valence-electron chi connectivity index (χ3n) is 3.30. The summed E-state index contributed by atoms with van der Waals surface area (Å²) in [4.78, 5) is 21.4. The molecule has 0 saturated heterocycles. The molecule has 0 fully saturated rings. The largest absolute Gasteiger partial charge is 0.478 e. The molecule has 0 unspecified atom stereocenters. The van der Waals surface area contributed by atoms with Crippen LogP contribution in [0.2, 0.25) is 0 Å². The van der Waals surface area contributed by atoms with Gasteiger partial charge in [-0.05, 0) is 29.8 Å². The summed E-state index contributed by atoms with van der Waals surface area (Å²) in [6, 6.07) is 8.53. The van der Waals surface area contributed by atoms with E-state index in [1.165, 1.54) is 13.2 Å². The highest BCUT2D eigenvalue weighted by molar-refractivity contribution is 8.93. The highest BCUT2D eigenvalue weighted by Gasteiger charge is 2.31. The normalized spacial score (nSPS) is 10.2. The number of ether oxygens (including phenoxy) is 2. The molecule has 2 aromatic carbocycles. The van der Waals surface area contributed by atoms with E-state index in [0.717, 1.165) is 6.07 Å². The van der Waals surface area contributed by atoms with Gasteiger partial charge in [-0.1, -0.05) is 18.2 Å². The second-order valence-corrected chi connectivity index (χ2v) is 5.22. The first-order valence-electron chi connectivity index (χ1n) is 7.61. The minimum Gasteiger partial charge on any atom is -0.478 e. The number of carboxylic acid groups (broad SMARTS) is 1. The van der Waals surface area contributed by atoms with Crippen molar-refractivity contribution in [3.63, 3.8) is 0 Å². The zero-order valence-electron chi connectivity index (χ0n) is 15.0. The van der Waals surface area contributed by atoms with Crippen molar-refractivity contribution in [2.45, 2.75) is 12.9 Å². The lowest BCUT2D eigenvalue weighted by molar-refractivity contribution is -0.137. The van der Waals surface area contributed by atoms with Crippen LogP contribution in [0.3, 0.4) is 0 Å². The van der Waals surface area contributed by atoms with Crippen molar-refractivity contribution < 1.29 is 41.7 Å². The molecule has 6 nitrogen and oxygen atoms in total. The Morgan fingerprint density at radius 2 is 1.72 bits per heavy atom. The van der Waals surface area contributed by atoms with Crippen molar-refractivity contribution in [3.8, 4) is 5.75 Å². The van der Waals surface area contributed by atoms with E-state index in [0.29, 0.717) is 17.7 Å². The van der Waals surface area contributed by atoms with Crippen molar-refractivity contribution in [1.82, 2.24) is 0 Å². The van der Waals surface area contributed by atoms with E-state index in [1.807, 2.05) is 0 Å². The molecule has 0 bridgehead atoms. The highest BCUT2D eigenvalue weighted by Crippen LogP contribution is 2.33. The van der Waals surface area contributed by atoms with Gasteiger partial charge in [0.25, 0.3) is 0 Å². The number of amides is 1. The van der Waals surface area contributed by atoms with Gasteiger partial charge in [0, 0.05) is 12.7 Å². The molecule has 0 saturated carbocycles. The molecule has 0 heterocycles. The summed E-state index contributed by atoms with van der Waals surface area (Å²) >= 11 is 0. The third-order valence-corrected chi connectivity index (χ3v) is 3.30. The molecule has 3 N–H and O–H groups in total. The van der Waals surface area contributed by atoms with Gasteiger partial charge in [-0.15, -0.1) is 17.0 Å². The van der Waals surface area contributed by atoms with Crippen molar-refractivity contribution in [2.75, 3.05) is 13.9 Å². The summed E-state index contributed by atoms with van der Waals surface area (Å²) in [5.74, 6) is -2.34. The molecule has 0 aliphatic rings. The first kappa shape index (κ1) is 26.3. The number of methoxy groups -OCH3 is 1. The summed E-state index contributed by atoms with van der Waals surface area (Å²) in [5, 5.41) is 8.76. The molecule has 1 amide bonds. The van der Waals surface area contributed by atoms with Crippen LogP contribution in [0.5, 0.6) is 5.75 Å². The van der Waals surface area contributed by atoms with E-state index in [2.05, 4.69) is 4.74 Å². The third kappa shape index (κ3) is 8.08. The van der Waals surface area contributed by atoms with E-state index in [9.17, 15) is 27.2 Å². The van der Waals surface area contributed by atoms with Crippen LogP contribution >= 0.6 is 17.0 Å². The number of alkyl halides is 4. The fraction of sp³-hybridized carbons (Fsp3) is 0.222. The predicted molar refractivity (Wildman–Crippen MR) is 101 cm³/mol. The molecule has 0 atom stereocenters. The van der Waals surface area contributed by atoms with Gasteiger partial charge in [-0.25, -0.2) is 9.18 Å². The Morgan fingerprint density at radius 1 is 1.10 bits per heavy atom. The lowest BCUT2D eigenvalue weighted by Crippen LogP contribution is -2.12. The first-order chi connectivity index (χ1) is 13.1. The molecule has 11 heteroatoms. The Kier molecular flexibility index (Phi) is 10.9. The van der Waals surface area contributed by atoms with E-state index in [4.69, 9.17) is 15.6 Å². The average molecular weight is 484 g/mol. The SMILES string of the molecule is Br.COCOc1cc(C(F)(F)F)ccc1C(=O)O.NC(=O)c1ccccc1CF. The summed E-state index contributed by atoms with van der Waals surface area (Å²) < 4.78 is 58.6. The second-order valence-electron chi connectivity index (χ2n) is 5.22. The van der Waals surface area contributed by atoms with E-state index in [-0.39, 0.29) is 40.7 Å². The maximum Gasteiger partial charge on any atom is 0.416 e. The Bertz CT molecular complexity index is 830. The minimum absolute atomic E-state index is 0. The molecule has 0 aliphatic carbocycles. The van der Waals surface area contributed by atoms with Gasteiger partial charge in [-0.3, -0.25) is 4.79 Å². The standard InChI is InChI=1S/C10H9F3O4.C8H8FNO.BrH/c1-16-5-17-8-4-6(10(11,12)13)2-3-7(8)9(14)15;9-5-6-3-1-2-4-7(6)8(10)11;/h2-4H,5H2,1H3,(H,14,15);1-4H,5H2,(H2,10,11);1H. The lowest BCUT2D eigenvalue weighted by Gasteiger charge is -2.12. The lowest BCUT2D eigenvalue weighted by atomic mass is 10.1. The molecular formula is C18H18BrF4NO5. The minimum atomic E-state index is -4.55. The first-order valence-corrected chi connectivity index (χ1v) is 7.61. The Hall–Kier alpha value is -2.66. The Labute approximate surface area is 174 Å². The molecule has 2 aromatic rings. The number of primary amides is 1. The van der Waals surface area contributed by atoms with Crippen molar-refractivity contribution in [2.24, 2.45) is 5.73 Å². The monoisotopic (exact) mass is 483 g/mol. The number of hydrogen-bond acceptors (Lipinski definition) is 4. The number of nitrogens with two attached hydrogens (primary N) is 1. The van der Waals surface area contributed by atoms with Gasteiger partial charge in [-0.2, -0.15) is 13.2 Å². The number of aromatic carboxylic acids is 1. The average Bonchev–Trinajstić information content (AvgIpc) is 2.65. The van der Waals surface area contributed by atoms with Gasteiger partial charge in [0.2, 0.25) is 5.91 Å². The summed E-state index contributed by atoms with van der Waals surface area (Å²) in [6.45, 7) is -0.985. The van der Waals surface area contributed by atoms with Crippen LogP contribution in [-0.4, -0.2) is 30.9 Å². The van der Waals surface area contributed by atoms with Gasteiger partial charge in [0.05, 0.1) is 5.56 Å². The number of rotatable bonds is 6. The maximum absolute atomic E-state index is 12.4. The fourth-order valence-electron chi connectivity index (χ4n) is 1.99. The smallest absolute Gasteiger partial charge is 0.416 e. The molecular weight excluding hydrogens is 466 g/mol. The molecule has 0 radical (unpaired) electrons. The summed E-state index contributed by atoms with van der Waals surface area (Å²) in [5.41, 5.74) is 4.26. The van der Waals surface area contributed by atoms with Gasteiger partial charge in [0.15, 0.2) is 6.79 Å². The fourth-order valence-corrected chi connectivity index (χ4v) is 1.99. The summed E-state index contributed by atoms with van der Waals surface area (Å²) in [7, 11) is 1.27. The summed E-state index contributed by atoms with van der Waals surface area (Å²) in [6.07, 6.45) is -4.55. The second kappa shape index (κ2) is 12.0. The zero-order valence-corrected chi connectivity index (χ0v) is 16.7. The van der Waals surface area contributed by atoms with Crippen LogP contribution in [0.15, 0.2) is 42.5 Å². The number of carbonyl (C=O) groups excluding carboxylic acids is 1. The molecule has 0 aliphatic heterocycles. The van der Waals surface area contributed by atoms with Crippen molar-refractivity contribution in [1.29, 1.82) is 0 Å². The maximum atomic E-state index is 12.4. The number of benzene rings is 2. The number of carboxylic acids is 1. The number of carbonyl (C=O) groups is 2. The van der Waals surface area contributed by atoms with Crippen LogP contribution in [0.25, 0.3) is 0 Å². The molecule has 160 valence electrons. The Morgan fingerprint density at radius 3 is 2.17 bits per heavy atom. The highest BCUT2D eigenvalue weighted by atomic mass is 79.9. The van der Waals surface area contributed by atoms with Crippen LogP contribution in [0, 0.1) is 0 Å². The van der Waals surface area contributed by atoms with E-state index >= 15 is 0 Å². The molecule has 0 aromatic heterocycles. The topological polar surface area (TPSA) is 98.8 Å². The zero-order chi connectivity index (χ0) is 21.3.